The van der Waals surface area contributed by atoms with Gasteiger partial charge in [-0.1, -0.05) is 6.92 Å². The molecule has 1 heterocycles. The molecule has 0 aliphatic heterocycles. The Kier molecular flexibility index (Phi) is 4.48. The summed E-state index contributed by atoms with van der Waals surface area (Å²) >= 11 is 0. The van der Waals surface area contributed by atoms with Crippen LogP contribution >= 0.6 is 0 Å². The lowest BCUT2D eigenvalue weighted by Crippen LogP contribution is -2.25. The molecule has 118 valence electrons. The Balaban J connectivity index is 1.80. The maximum absolute atomic E-state index is 12.2. The quantitative estimate of drug-likeness (QED) is 0.834. The van der Waals surface area contributed by atoms with Gasteiger partial charge in [-0.25, -0.2) is 0 Å². The minimum Gasteiger partial charge on any atom is -0.385 e. The van der Waals surface area contributed by atoms with Crippen LogP contribution in [0, 0.1) is 5.92 Å². The molecule has 22 heavy (non-hydrogen) atoms. The summed E-state index contributed by atoms with van der Waals surface area (Å²) in [6.45, 7) is 3.61. The Hall–Kier alpha value is -1.81. The van der Waals surface area contributed by atoms with E-state index in [2.05, 4.69) is 17.2 Å². The van der Waals surface area contributed by atoms with Gasteiger partial charge in [0.25, 0.3) is 5.91 Å². The molecule has 4 nitrogen and oxygen atoms in total. The molecular formula is C18H24N2O2. The number of aryl methyl sites for hydroxylation is 1. The normalized spacial score (nSPS) is 17.5. The number of rotatable bonds is 5. The number of ether oxygens (including phenoxy) is 1. The number of hydrogen-bond acceptors (Lipinski definition) is 2. The lowest BCUT2D eigenvalue weighted by Gasteiger charge is -2.18. The van der Waals surface area contributed by atoms with Crippen LogP contribution in [0.25, 0.3) is 10.9 Å². The van der Waals surface area contributed by atoms with Crippen molar-refractivity contribution in [2.24, 2.45) is 5.92 Å². The molecule has 3 rings (SSSR count). The maximum Gasteiger partial charge on any atom is 0.251 e. The highest BCUT2D eigenvalue weighted by Crippen LogP contribution is 2.32. The van der Waals surface area contributed by atoms with Crippen molar-refractivity contribution in [1.82, 2.24) is 10.3 Å². The highest BCUT2D eigenvalue weighted by molar-refractivity contribution is 5.99. The number of benzene rings is 1. The van der Waals surface area contributed by atoms with E-state index in [1.807, 2.05) is 18.2 Å². The van der Waals surface area contributed by atoms with Gasteiger partial charge in [0, 0.05) is 42.4 Å². The van der Waals surface area contributed by atoms with Crippen molar-refractivity contribution in [1.29, 1.82) is 0 Å². The van der Waals surface area contributed by atoms with Gasteiger partial charge in [0.15, 0.2) is 0 Å². The molecule has 0 spiro atoms. The van der Waals surface area contributed by atoms with E-state index in [1.165, 1.54) is 23.1 Å². The molecule has 1 aliphatic rings. The number of fused-ring (bicyclic) bond motifs is 3. The zero-order valence-corrected chi connectivity index (χ0v) is 13.4. The Morgan fingerprint density at radius 2 is 2.32 bits per heavy atom. The second kappa shape index (κ2) is 6.53. The SMILES string of the molecule is COCCCNC(=O)c1ccc2[nH]c3c(c2c1)CC(C)CC3. The summed E-state index contributed by atoms with van der Waals surface area (Å²) in [5.41, 5.74) is 4.65. The summed E-state index contributed by atoms with van der Waals surface area (Å²) in [5.74, 6) is 0.717. The third-order valence-electron chi connectivity index (χ3n) is 4.51. The summed E-state index contributed by atoms with van der Waals surface area (Å²) in [4.78, 5) is 15.8. The molecule has 0 bridgehead atoms. The fourth-order valence-corrected chi connectivity index (χ4v) is 3.25. The maximum atomic E-state index is 12.2. The van der Waals surface area contributed by atoms with E-state index in [0.29, 0.717) is 13.2 Å². The van der Waals surface area contributed by atoms with Gasteiger partial charge < -0.3 is 15.0 Å². The van der Waals surface area contributed by atoms with Gasteiger partial charge in [0.05, 0.1) is 0 Å². The van der Waals surface area contributed by atoms with Crippen LogP contribution in [0.3, 0.4) is 0 Å². The van der Waals surface area contributed by atoms with Gasteiger partial charge in [0.1, 0.15) is 0 Å². The molecule has 1 aromatic carbocycles. The van der Waals surface area contributed by atoms with E-state index in [1.54, 1.807) is 7.11 Å². The van der Waals surface area contributed by atoms with Crippen molar-refractivity contribution in [3.05, 3.63) is 35.0 Å². The molecule has 0 saturated heterocycles. The molecule has 0 radical (unpaired) electrons. The van der Waals surface area contributed by atoms with Gasteiger partial charge in [-0.15, -0.1) is 0 Å². The number of nitrogens with one attached hydrogen (secondary N) is 2. The highest BCUT2D eigenvalue weighted by atomic mass is 16.5. The van der Waals surface area contributed by atoms with Gasteiger partial charge in [-0.05, 0) is 55.4 Å². The number of carbonyl (C=O) groups is 1. The number of methoxy groups -OCH3 is 1. The second-order valence-corrected chi connectivity index (χ2v) is 6.29. The first kappa shape index (κ1) is 15.1. The topological polar surface area (TPSA) is 54.1 Å². The van der Waals surface area contributed by atoms with Crippen molar-refractivity contribution < 1.29 is 9.53 Å². The van der Waals surface area contributed by atoms with Crippen LogP contribution in [0.5, 0.6) is 0 Å². The highest BCUT2D eigenvalue weighted by Gasteiger charge is 2.20. The minimum atomic E-state index is -0.00295. The number of H-pyrrole nitrogens is 1. The summed E-state index contributed by atoms with van der Waals surface area (Å²) in [6.07, 6.45) is 4.30. The first-order valence-corrected chi connectivity index (χ1v) is 8.09. The van der Waals surface area contributed by atoms with Gasteiger partial charge in [-0.3, -0.25) is 4.79 Å². The van der Waals surface area contributed by atoms with Crippen LogP contribution in [0.2, 0.25) is 0 Å². The third-order valence-corrected chi connectivity index (χ3v) is 4.51. The van der Waals surface area contributed by atoms with Crippen molar-refractivity contribution in [2.45, 2.75) is 32.6 Å². The van der Waals surface area contributed by atoms with Gasteiger partial charge >= 0.3 is 0 Å². The molecule has 4 heteroatoms. The number of amides is 1. The van der Waals surface area contributed by atoms with E-state index in [9.17, 15) is 4.79 Å². The summed E-state index contributed by atoms with van der Waals surface area (Å²) in [6, 6.07) is 5.97. The van der Waals surface area contributed by atoms with Crippen molar-refractivity contribution >= 4 is 16.8 Å². The summed E-state index contributed by atoms with van der Waals surface area (Å²) in [5, 5.41) is 4.16. The largest absolute Gasteiger partial charge is 0.385 e. The third kappa shape index (κ3) is 3.02. The van der Waals surface area contributed by atoms with Crippen molar-refractivity contribution in [3.63, 3.8) is 0 Å². The van der Waals surface area contributed by atoms with E-state index in [4.69, 9.17) is 4.74 Å². The van der Waals surface area contributed by atoms with Crippen LogP contribution in [-0.2, 0) is 17.6 Å². The summed E-state index contributed by atoms with van der Waals surface area (Å²) in [7, 11) is 1.67. The number of hydrogen-bond donors (Lipinski definition) is 2. The van der Waals surface area contributed by atoms with E-state index < -0.39 is 0 Å². The Morgan fingerprint density at radius 1 is 1.45 bits per heavy atom. The molecule has 1 amide bonds. The monoisotopic (exact) mass is 300 g/mol. The van der Waals surface area contributed by atoms with E-state index in [-0.39, 0.29) is 5.91 Å². The zero-order chi connectivity index (χ0) is 15.5. The van der Waals surface area contributed by atoms with Crippen molar-refractivity contribution in [3.8, 4) is 0 Å². The number of aromatic nitrogens is 1. The first-order valence-electron chi connectivity index (χ1n) is 8.09. The molecule has 1 aliphatic carbocycles. The second-order valence-electron chi connectivity index (χ2n) is 6.29. The van der Waals surface area contributed by atoms with Gasteiger partial charge in [0.2, 0.25) is 0 Å². The molecule has 1 atom stereocenters. The van der Waals surface area contributed by atoms with Crippen LogP contribution in [0.4, 0.5) is 0 Å². The molecule has 2 N–H and O–H groups in total. The lowest BCUT2D eigenvalue weighted by atomic mass is 9.87. The Morgan fingerprint density at radius 3 is 3.14 bits per heavy atom. The molecule has 2 aromatic rings. The number of aromatic amines is 1. The van der Waals surface area contributed by atoms with Crippen LogP contribution < -0.4 is 5.32 Å². The fourth-order valence-electron chi connectivity index (χ4n) is 3.25. The van der Waals surface area contributed by atoms with Crippen LogP contribution in [0.1, 0.15) is 41.4 Å². The molecule has 0 saturated carbocycles. The van der Waals surface area contributed by atoms with E-state index in [0.717, 1.165) is 36.3 Å². The predicted molar refractivity (Wildman–Crippen MR) is 88.3 cm³/mol. The molecule has 0 fully saturated rings. The Labute approximate surface area is 131 Å². The average molecular weight is 300 g/mol. The number of carbonyl (C=O) groups excluding carboxylic acids is 1. The Bertz CT molecular complexity index is 675. The standard InChI is InChI=1S/C18H24N2O2/c1-12-4-6-16-14(10-12)15-11-13(5-7-17(15)20-16)18(21)19-8-3-9-22-2/h5,7,11-12,20H,3-4,6,8-10H2,1-2H3,(H,19,21). The lowest BCUT2D eigenvalue weighted by molar-refractivity contribution is 0.0949. The van der Waals surface area contributed by atoms with Crippen molar-refractivity contribution in [2.75, 3.05) is 20.3 Å². The molecule has 1 unspecified atom stereocenters. The van der Waals surface area contributed by atoms with Gasteiger partial charge in [-0.2, -0.15) is 0 Å². The predicted octanol–water partition coefficient (Wildman–Crippen LogP) is 3.06. The smallest absolute Gasteiger partial charge is 0.251 e. The minimum absolute atomic E-state index is 0.00295. The van der Waals surface area contributed by atoms with Crippen LogP contribution in [-0.4, -0.2) is 31.2 Å². The fraction of sp³-hybridized carbons (Fsp3) is 0.500. The van der Waals surface area contributed by atoms with Crippen LogP contribution in [0.15, 0.2) is 18.2 Å². The average Bonchev–Trinajstić information content (AvgIpc) is 2.88. The summed E-state index contributed by atoms with van der Waals surface area (Å²) < 4.78 is 4.99. The first-order chi connectivity index (χ1) is 10.7. The molecular weight excluding hydrogens is 276 g/mol. The molecule has 1 aromatic heterocycles. The zero-order valence-electron chi connectivity index (χ0n) is 13.4. The van der Waals surface area contributed by atoms with E-state index >= 15 is 0 Å².